The summed E-state index contributed by atoms with van der Waals surface area (Å²) in [7, 11) is 3.83. The SMILES string of the molecule is CNC(C)c1c(F)cccc1N(C)CCOCC1CC1. The van der Waals surface area contributed by atoms with Crippen LogP contribution in [0.5, 0.6) is 0 Å². The van der Waals surface area contributed by atoms with Gasteiger partial charge >= 0.3 is 0 Å². The Morgan fingerprint density at radius 1 is 1.45 bits per heavy atom. The van der Waals surface area contributed by atoms with Crippen molar-refractivity contribution < 1.29 is 9.13 Å². The van der Waals surface area contributed by atoms with Gasteiger partial charge in [0, 0.05) is 37.5 Å². The quantitative estimate of drug-likeness (QED) is 0.741. The number of anilines is 1. The third-order valence-electron chi connectivity index (χ3n) is 3.93. The summed E-state index contributed by atoms with van der Waals surface area (Å²) in [6.07, 6.45) is 2.62. The molecule has 1 aliphatic rings. The average molecular weight is 280 g/mol. The fraction of sp³-hybridized carbons (Fsp3) is 0.625. The first kappa shape index (κ1) is 15.3. The summed E-state index contributed by atoms with van der Waals surface area (Å²) >= 11 is 0. The number of benzene rings is 1. The molecule has 4 heteroatoms. The molecule has 0 heterocycles. The van der Waals surface area contributed by atoms with Crippen molar-refractivity contribution in [3.63, 3.8) is 0 Å². The Bertz CT molecular complexity index is 434. The van der Waals surface area contributed by atoms with Crippen LogP contribution in [-0.2, 0) is 4.74 Å². The Balaban J connectivity index is 1.96. The smallest absolute Gasteiger partial charge is 0.130 e. The van der Waals surface area contributed by atoms with E-state index in [9.17, 15) is 4.39 Å². The fourth-order valence-corrected chi connectivity index (χ4v) is 2.29. The number of nitrogens with one attached hydrogen (secondary N) is 1. The highest BCUT2D eigenvalue weighted by Gasteiger charge is 2.21. The molecule has 0 aliphatic heterocycles. The van der Waals surface area contributed by atoms with Gasteiger partial charge in [-0.1, -0.05) is 6.07 Å². The third-order valence-corrected chi connectivity index (χ3v) is 3.93. The van der Waals surface area contributed by atoms with E-state index in [4.69, 9.17) is 4.74 Å². The zero-order chi connectivity index (χ0) is 14.5. The largest absolute Gasteiger partial charge is 0.379 e. The Kier molecular flexibility index (Phi) is 5.38. The molecular weight excluding hydrogens is 255 g/mol. The number of rotatable bonds is 8. The highest BCUT2D eigenvalue weighted by atomic mass is 19.1. The molecule has 1 aromatic carbocycles. The van der Waals surface area contributed by atoms with E-state index in [0.717, 1.165) is 30.3 Å². The van der Waals surface area contributed by atoms with Crippen molar-refractivity contribution in [2.75, 3.05) is 38.8 Å². The minimum Gasteiger partial charge on any atom is -0.379 e. The maximum atomic E-state index is 14.1. The minimum absolute atomic E-state index is 0.0129. The van der Waals surface area contributed by atoms with Crippen LogP contribution < -0.4 is 10.2 Å². The standard InChI is InChI=1S/C16H25FN2O/c1-12(18-2)16-14(17)5-4-6-15(16)19(3)9-10-20-11-13-7-8-13/h4-6,12-13,18H,7-11H2,1-3H3. The van der Waals surface area contributed by atoms with E-state index in [1.165, 1.54) is 18.9 Å². The number of hydrogen-bond acceptors (Lipinski definition) is 3. The molecule has 112 valence electrons. The Morgan fingerprint density at radius 2 is 2.20 bits per heavy atom. The molecule has 0 radical (unpaired) electrons. The molecule has 0 spiro atoms. The molecular formula is C16H25FN2O. The Hall–Kier alpha value is -1.13. The number of ether oxygens (including phenoxy) is 1. The van der Waals surface area contributed by atoms with Crippen LogP contribution >= 0.6 is 0 Å². The third kappa shape index (κ3) is 3.93. The van der Waals surface area contributed by atoms with Crippen molar-refractivity contribution in [2.45, 2.75) is 25.8 Å². The molecule has 1 N–H and O–H groups in total. The summed E-state index contributed by atoms with van der Waals surface area (Å²) < 4.78 is 19.7. The predicted molar refractivity (Wildman–Crippen MR) is 80.7 cm³/mol. The number of nitrogens with zero attached hydrogens (tertiary/aromatic N) is 1. The number of halogens is 1. The summed E-state index contributed by atoms with van der Waals surface area (Å²) in [6, 6.07) is 5.23. The molecule has 0 aromatic heterocycles. The molecule has 20 heavy (non-hydrogen) atoms. The number of hydrogen-bond donors (Lipinski definition) is 1. The Labute approximate surface area is 121 Å². The monoisotopic (exact) mass is 280 g/mol. The van der Waals surface area contributed by atoms with Crippen LogP contribution in [0.25, 0.3) is 0 Å². The van der Waals surface area contributed by atoms with Gasteiger partial charge in [-0.2, -0.15) is 0 Å². The van der Waals surface area contributed by atoms with Gasteiger partial charge in [0.2, 0.25) is 0 Å². The van der Waals surface area contributed by atoms with E-state index >= 15 is 0 Å². The predicted octanol–water partition coefficient (Wildman–Crippen LogP) is 2.97. The lowest BCUT2D eigenvalue weighted by Gasteiger charge is -2.25. The van der Waals surface area contributed by atoms with E-state index < -0.39 is 0 Å². The van der Waals surface area contributed by atoms with Crippen LogP contribution in [0.15, 0.2) is 18.2 Å². The van der Waals surface area contributed by atoms with Crippen molar-refractivity contribution in [1.82, 2.24) is 5.32 Å². The normalized spacial score (nSPS) is 16.2. The van der Waals surface area contributed by atoms with Gasteiger partial charge in [0.15, 0.2) is 0 Å². The van der Waals surface area contributed by atoms with Crippen LogP contribution in [0.3, 0.4) is 0 Å². The summed E-state index contributed by atoms with van der Waals surface area (Å²) in [5, 5.41) is 3.11. The van der Waals surface area contributed by atoms with Gasteiger partial charge < -0.3 is 15.0 Å². The van der Waals surface area contributed by atoms with E-state index in [0.29, 0.717) is 6.61 Å². The average Bonchev–Trinajstić information content (AvgIpc) is 3.26. The minimum atomic E-state index is -0.157. The van der Waals surface area contributed by atoms with Gasteiger partial charge in [-0.3, -0.25) is 0 Å². The van der Waals surface area contributed by atoms with Gasteiger partial charge in [-0.15, -0.1) is 0 Å². The second-order valence-electron chi connectivity index (χ2n) is 5.62. The van der Waals surface area contributed by atoms with Gasteiger partial charge in [0.25, 0.3) is 0 Å². The Morgan fingerprint density at radius 3 is 2.85 bits per heavy atom. The zero-order valence-electron chi connectivity index (χ0n) is 12.7. The van der Waals surface area contributed by atoms with Gasteiger partial charge in [0.05, 0.1) is 6.61 Å². The molecule has 0 amide bonds. The fourth-order valence-electron chi connectivity index (χ4n) is 2.29. The highest BCUT2D eigenvalue weighted by molar-refractivity contribution is 5.55. The first-order valence-corrected chi connectivity index (χ1v) is 7.38. The van der Waals surface area contributed by atoms with Crippen LogP contribution in [0, 0.1) is 11.7 Å². The summed E-state index contributed by atoms with van der Waals surface area (Å²) in [6.45, 7) is 4.31. The van der Waals surface area contributed by atoms with E-state index in [1.807, 2.05) is 27.1 Å². The lowest BCUT2D eigenvalue weighted by atomic mass is 10.0. The van der Waals surface area contributed by atoms with E-state index in [-0.39, 0.29) is 11.9 Å². The van der Waals surface area contributed by atoms with Crippen LogP contribution in [0.1, 0.15) is 31.4 Å². The molecule has 1 atom stereocenters. The van der Waals surface area contributed by atoms with Gasteiger partial charge in [-0.05, 0) is 44.9 Å². The van der Waals surface area contributed by atoms with Gasteiger partial charge in [0.1, 0.15) is 5.82 Å². The second kappa shape index (κ2) is 7.04. The lowest BCUT2D eigenvalue weighted by Crippen LogP contribution is -2.26. The topological polar surface area (TPSA) is 24.5 Å². The zero-order valence-corrected chi connectivity index (χ0v) is 12.7. The molecule has 3 nitrogen and oxygen atoms in total. The summed E-state index contributed by atoms with van der Waals surface area (Å²) in [5.74, 6) is 0.629. The van der Waals surface area contributed by atoms with Crippen molar-refractivity contribution in [1.29, 1.82) is 0 Å². The molecule has 2 rings (SSSR count). The van der Waals surface area contributed by atoms with Crippen LogP contribution in [-0.4, -0.2) is 33.9 Å². The summed E-state index contributed by atoms with van der Waals surface area (Å²) in [4.78, 5) is 2.07. The lowest BCUT2D eigenvalue weighted by molar-refractivity contribution is 0.131. The number of likely N-dealkylation sites (N-methyl/N-ethyl adjacent to an activating group) is 1. The molecule has 1 aliphatic carbocycles. The maximum absolute atomic E-state index is 14.1. The first-order valence-electron chi connectivity index (χ1n) is 7.38. The molecule has 1 aromatic rings. The van der Waals surface area contributed by atoms with Crippen molar-refractivity contribution in [2.24, 2.45) is 5.92 Å². The summed E-state index contributed by atoms with van der Waals surface area (Å²) in [5.41, 5.74) is 1.65. The molecule has 1 unspecified atom stereocenters. The molecule has 0 saturated heterocycles. The van der Waals surface area contributed by atoms with Crippen molar-refractivity contribution >= 4 is 5.69 Å². The van der Waals surface area contributed by atoms with Crippen molar-refractivity contribution in [3.8, 4) is 0 Å². The second-order valence-corrected chi connectivity index (χ2v) is 5.62. The van der Waals surface area contributed by atoms with Crippen LogP contribution in [0.2, 0.25) is 0 Å². The van der Waals surface area contributed by atoms with Crippen LogP contribution in [0.4, 0.5) is 10.1 Å². The van der Waals surface area contributed by atoms with Gasteiger partial charge in [-0.25, -0.2) is 4.39 Å². The van der Waals surface area contributed by atoms with E-state index in [1.54, 1.807) is 6.07 Å². The molecule has 0 bridgehead atoms. The maximum Gasteiger partial charge on any atom is 0.130 e. The molecule has 1 fully saturated rings. The highest BCUT2D eigenvalue weighted by Crippen LogP contribution is 2.29. The first-order chi connectivity index (χ1) is 9.63. The molecule has 1 saturated carbocycles. The van der Waals surface area contributed by atoms with E-state index in [2.05, 4.69) is 10.2 Å². The van der Waals surface area contributed by atoms with Crippen molar-refractivity contribution in [3.05, 3.63) is 29.6 Å².